The van der Waals surface area contributed by atoms with Gasteiger partial charge in [-0.25, -0.2) is 8.78 Å². The molecule has 1 aliphatic rings. The molecule has 1 atom stereocenters. The first kappa shape index (κ1) is 11.5. The predicted octanol–water partition coefficient (Wildman–Crippen LogP) is 2.42. The van der Waals surface area contributed by atoms with Crippen LogP contribution in [0.25, 0.3) is 0 Å². The van der Waals surface area contributed by atoms with E-state index in [1.165, 1.54) is 12.1 Å². The third-order valence-electron chi connectivity index (χ3n) is 2.67. The topological polar surface area (TPSA) is 29.5 Å². The van der Waals surface area contributed by atoms with Crippen LogP contribution in [0, 0.1) is 17.6 Å². The number of halogens is 2. The molecule has 1 aliphatic carbocycles. The lowest BCUT2D eigenvalue weighted by Crippen LogP contribution is -2.11. The van der Waals surface area contributed by atoms with Crippen LogP contribution in [0.5, 0.6) is 0 Å². The maximum absolute atomic E-state index is 13.3. The Bertz CT molecular complexity index is 364. The monoisotopic (exact) mass is 228 g/mol. The average Bonchev–Trinajstić information content (AvgIpc) is 3.06. The highest BCUT2D eigenvalue weighted by molar-refractivity contribution is 5.21. The summed E-state index contributed by atoms with van der Waals surface area (Å²) in [6.45, 7) is 0.602. The number of hydrogen-bond acceptors (Lipinski definition) is 2. The average molecular weight is 228 g/mol. The standard InChI is InChI=1S/C12H14F2O2/c13-10-3-1-2-9(12(10)14)11(15)7-16-6-8-4-5-8/h1-3,8,11,15H,4-7H2. The van der Waals surface area contributed by atoms with Crippen LogP contribution in [0.3, 0.4) is 0 Å². The summed E-state index contributed by atoms with van der Waals surface area (Å²) in [5.74, 6) is -1.35. The number of aliphatic hydroxyl groups is 1. The van der Waals surface area contributed by atoms with Gasteiger partial charge >= 0.3 is 0 Å². The second-order valence-electron chi connectivity index (χ2n) is 4.14. The Morgan fingerprint density at radius 2 is 2.12 bits per heavy atom. The molecule has 1 aromatic rings. The molecule has 4 heteroatoms. The molecule has 0 amide bonds. The van der Waals surface area contributed by atoms with E-state index in [9.17, 15) is 13.9 Å². The van der Waals surface area contributed by atoms with Crippen molar-refractivity contribution in [3.8, 4) is 0 Å². The van der Waals surface area contributed by atoms with E-state index in [1.54, 1.807) is 0 Å². The fraction of sp³-hybridized carbons (Fsp3) is 0.500. The third-order valence-corrected chi connectivity index (χ3v) is 2.67. The molecule has 0 bridgehead atoms. The quantitative estimate of drug-likeness (QED) is 0.838. The molecule has 1 saturated carbocycles. The Balaban J connectivity index is 1.91. The molecule has 0 aliphatic heterocycles. The van der Waals surface area contributed by atoms with Crippen molar-refractivity contribution in [2.45, 2.75) is 18.9 Å². The first-order valence-corrected chi connectivity index (χ1v) is 5.38. The summed E-state index contributed by atoms with van der Waals surface area (Å²) in [4.78, 5) is 0. The molecule has 0 radical (unpaired) electrons. The highest BCUT2D eigenvalue weighted by Gasteiger charge is 2.22. The van der Waals surface area contributed by atoms with Gasteiger partial charge in [0.25, 0.3) is 0 Å². The Hall–Kier alpha value is -1.00. The van der Waals surface area contributed by atoms with Crippen LogP contribution in [0.15, 0.2) is 18.2 Å². The van der Waals surface area contributed by atoms with Crippen molar-refractivity contribution in [2.75, 3.05) is 13.2 Å². The number of aliphatic hydroxyl groups excluding tert-OH is 1. The van der Waals surface area contributed by atoms with Crippen molar-refractivity contribution in [3.63, 3.8) is 0 Å². The molecule has 2 nitrogen and oxygen atoms in total. The second kappa shape index (κ2) is 4.89. The molecule has 1 aromatic carbocycles. The Morgan fingerprint density at radius 1 is 1.38 bits per heavy atom. The van der Waals surface area contributed by atoms with Crippen LogP contribution in [0.2, 0.25) is 0 Å². The fourth-order valence-corrected chi connectivity index (χ4v) is 1.50. The molecular weight excluding hydrogens is 214 g/mol. The van der Waals surface area contributed by atoms with E-state index in [0.29, 0.717) is 12.5 Å². The van der Waals surface area contributed by atoms with E-state index >= 15 is 0 Å². The minimum atomic E-state index is -1.10. The minimum Gasteiger partial charge on any atom is -0.386 e. The SMILES string of the molecule is OC(COCC1CC1)c1cccc(F)c1F. The van der Waals surface area contributed by atoms with Gasteiger partial charge < -0.3 is 9.84 Å². The molecule has 1 N–H and O–H groups in total. The van der Waals surface area contributed by atoms with Crippen molar-refractivity contribution in [1.29, 1.82) is 0 Å². The molecule has 1 unspecified atom stereocenters. The van der Waals surface area contributed by atoms with Crippen molar-refractivity contribution in [2.24, 2.45) is 5.92 Å². The zero-order valence-electron chi connectivity index (χ0n) is 8.83. The van der Waals surface area contributed by atoms with Crippen LogP contribution in [0.1, 0.15) is 24.5 Å². The van der Waals surface area contributed by atoms with Crippen LogP contribution in [0.4, 0.5) is 8.78 Å². The molecule has 1 fully saturated rings. The number of benzene rings is 1. The molecule has 16 heavy (non-hydrogen) atoms. The minimum absolute atomic E-state index is 0.0108. The molecular formula is C12H14F2O2. The Kier molecular flexibility index (Phi) is 3.51. The largest absolute Gasteiger partial charge is 0.386 e. The van der Waals surface area contributed by atoms with Gasteiger partial charge in [0.05, 0.1) is 6.61 Å². The zero-order valence-corrected chi connectivity index (χ0v) is 8.83. The van der Waals surface area contributed by atoms with E-state index < -0.39 is 17.7 Å². The van der Waals surface area contributed by atoms with Gasteiger partial charge in [0.1, 0.15) is 6.10 Å². The molecule has 2 rings (SSSR count). The van der Waals surface area contributed by atoms with Gasteiger partial charge in [0.15, 0.2) is 11.6 Å². The summed E-state index contributed by atoms with van der Waals surface area (Å²) in [6, 6.07) is 3.76. The van der Waals surface area contributed by atoms with Crippen molar-refractivity contribution >= 4 is 0 Å². The highest BCUT2D eigenvalue weighted by atomic mass is 19.2. The van der Waals surface area contributed by atoms with Gasteiger partial charge in [-0.3, -0.25) is 0 Å². The zero-order chi connectivity index (χ0) is 11.5. The smallest absolute Gasteiger partial charge is 0.164 e. The van der Waals surface area contributed by atoms with Gasteiger partial charge in [0, 0.05) is 12.2 Å². The summed E-state index contributed by atoms with van der Waals surface area (Å²) in [5, 5.41) is 9.63. The summed E-state index contributed by atoms with van der Waals surface area (Å²) in [7, 11) is 0. The molecule has 0 spiro atoms. The van der Waals surface area contributed by atoms with Crippen LogP contribution in [-0.4, -0.2) is 18.3 Å². The maximum atomic E-state index is 13.3. The van der Waals surface area contributed by atoms with Gasteiger partial charge in [-0.2, -0.15) is 0 Å². The van der Waals surface area contributed by atoms with Crippen LogP contribution < -0.4 is 0 Å². The van der Waals surface area contributed by atoms with Gasteiger partial charge in [-0.05, 0) is 24.8 Å². The summed E-state index contributed by atoms with van der Waals surface area (Å²) in [6.07, 6.45) is 1.21. The van der Waals surface area contributed by atoms with E-state index in [4.69, 9.17) is 4.74 Å². The third kappa shape index (κ3) is 2.77. The lowest BCUT2D eigenvalue weighted by Gasteiger charge is -2.12. The van der Waals surface area contributed by atoms with Crippen molar-refractivity contribution in [1.82, 2.24) is 0 Å². The van der Waals surface area contributed by atoms with Crippen molar-refractivity contribution in [3.05, 3.63) is 35.4 Å². The molecule has 0 saturated heterocycles. The molecule has 0 heterocycles. The second-order valence-corrected chi connectivity index (χ2v) is 4.14. The Morgan fingerprint density at radius 3 is 2.81 bits per heavy atom. The van der Waals surface area contributed by atoms with E-state index in [0.717, 1.165) is 18.9 Å². The first-order valence-electron chi connectivity index (χ1n) is 5.38. The number of rotatable bonds is 5. The van der Waals surface area contributed by atoms with E-state index in [-0.39, 0.29) is 12.2 Å². The summed E-state index contributed by atoms with van der Waals surface area (Å²) in [5.41, 5.74) is -0.0456. The predicted molar refractivity (Wildman–Crippen MR) is 54.9 cm³/mol. The first-order chi connectivity index (χ1) is 7.68. The fourth-order valence-electron chi connectivity index (χ4n) is 1.50. The van der Waals surface area contributed by atoms with Gasteiger partial charge in [-0.1, -0.05) is 12.1 Å². The van der Waals surface area contributed by atoms with Crippen LogP contribution in [-0.2, 0) is 4.74 Å². The van der Waals surface area contributed by atoms with Gasteiger partial charge in [-0.15, -0.1) is 0 Å². The van der Waals surface area contributed by atoms with Crippen molar-refractivity contribution < 1.29 is 18.6 Å². The lowest BCUT2D eigenvalue weighted by atomic mass is 10.1. The molecule has 88 valence electrons. The summed E-state index contributed by atoms with van der Waals surface area (Å²) >= 11 is 0. The number of ether oxygens (including phenoxy) is 1. The Labute approximate surface area is 92.9 Å². The summed E-state index contributed by atoms with van der Waals surface area (Å²) < 4.78 is 31.4. The lowest BCUT2D eigenvalue weighted by molar-refractivity contribution is 0.0295. The number of hydrogen-bond donors (Lipinski definition) is 1. The van der Waals surface area contributed by atoms with Gasteiger partial charge in [0.2, 0.25) is 0 Å². The van der Waals surface area contributed by atoms with E-state index in [1.807, 2.05) is 0 Å². The highest BCUT2D eigenvalue weighted by Crippen LogP contribution is 2.29. The maximum Gasteiger partial charge on any atom is 0.164 e. The van der Waals surface area contributed by atoms with E-state index in [2.05, 4.69) is 0 Å². The van der Waals surface area contributed by atoms with Crippen LogP contribution >= 0.6 is 0 Å². The molecule has 0 aromatic heterocycles. The normalized spacial score (nSPS) is 17.4.